The number of benzene rings is 1. The van der Waals surface area contributed by atoms with Gasteiger partial charge < -0.3 is 0 Å². The summed E-state index contributed by atoms with van der Waals surface area (Å²) in [7, 11) is 0. The third-order valence-corrected chi connectivity index (χ3v) is 6.52. The summed E-state index contributed by atoms with van der Waals surface area (Å²) < 4.78 is 0. The molecular formula is C9H11BrClPS. The van der Waals surface area contributed by atoms with Crippen LogP contribution in [0.1, 0.15) is 6.42 Å². The van der Waals surface area contributed by atoms with Crippen LogP contribution in [-0.4, -0.2) is 11.5 Å². The lowest BCUT2D eigenvalue weighted by molar-refractivity contribution is 1.13. The average Bonchev–Trinajstić information content (AvgIpc) is 2.16. The molecule has 0 aliphatic carbocycles. The van der Waals surface area contributed by atoms with Gasteiger partial charge >= 0.3 is 0 Å². The molecule has 72 valence electrons. The lowest BCUT2D eigenvalue weighted by Crippen LogP contribution is -2.02. The van der Waals surface area contributed by atoms with Crippen molar-refractivity contribution in [3.63, 3.8) is 0 Å². The highest BCUT2D eigenvalue weighted by molar-refractivity contribution is 9.09. The molecule has 0 nitrogen and oxygen atoms in total. The Balaban J connectivity index is 2.76. The molecule has 0 spiro atoms. The van der Waals surface area contributed by atoms with E-state index in [-0.39, 0.29) is 0 Å². The van der Waals surface area contributed by atoms with Crippen LogP contribution in [0.5, 0.6) is 0 Å². The standard InChI is InChI=1S/C9H11BrClPS/c10-7-4-8-12(11,13)9-5-2-1-3-6-9/h1-3,5-6H,4,7-8H2. The summed E-state index contributed by atoms with van der Waals surface area (Å²) in [4.78, 5) is 0. The molecule has 0 radical (unpaired) electrons. The first-order valence-corrected chi connectivity index (χ1v) is 9.08. The zero-order valence-corrected chi connectivity index (χ0v) is 11.2. The predicted octanol–water partition coefficient (Wildman–Crippen LogP) is 3.73. The molecule has 1 unspecified atom stereocenters. The third-order valence-electron chi connectivity index (χ3n) is 1.72. The second kappa shape index (κ2) is 5.50. The minimum Gasteiger partial charge on any atom is -0.0928 e. The summed E-state index contributed by atoms with van der Waals surface area (Å²) >= 11 is 15.2. The second-order valence-electron chi connectivity index (χ2n) is 2.75. The number of alkyl halides is 1. The molecule has 0 aliphatic heterocycles. The van der Waals surface area contributed by atoms with E-state index < -0.39 is 5.39 Å². The molecule has 0 heterocycles. The molecule has 1 aromatic rings. The molecule has 13 heavy (non-hydrogen) atoms. The van der Waals surface area contributed by atoms with Gasteiger partial charge in [-0.05, 0) is 17.9 Å². The quantitative estimate of drug-likeness (QED) is 0.603. The van der Waals surface area contributed by atoms with E-state index in [0.717, 1.165) is 23.2 Å². The lowest BCUT2D eigenvalue weighted by atomic mass is 10.4. The number of halogens is 2. The van der Waals surface area contributed by atoms with Gasteiger partial charge in [0.1, 0.15) is 0 Å². The highest BCUT2D eigenvalue weighted by Crippen LogP contribution is 2.50. The van der Waals surface area contributed by atoms with E-state index in [4.69, 9.17) is 23.0 Å². The molecule has 0 saturated carbocycles. The van der Waals surface area contributed by atoms with Gasteiger partial charge in [-0.3, -0.25) is 0 Å². The largest absolute Gasteiger partial charge is 0.0928 e. The van der Waals surface area contributed by atoms with Crippen LogP contribution in [0.15, 0.2) is 30.3 Å². The third kappa shape index (κ3) is 3.71. The Morgan fingerprint density at radius 3 is 2.46 bits per heavy atom. The van der Waals surface area contributed by atoms with Gasteiger partial charge in [0.05, 0.1) is 5.39 Å². The van der Waals surface area contributed by atoms with E-state index in [1.165, 1.54) is 0 Å². The van der Waals surface area contributed by atoms with Crippen molar-refractivity contribution in [1.82, 2.24) is 0 Å². The van der Waals surface area contributed by atoms with Crippen molar-refractivity contribution in [2.24, 2.45) is 0 Å². The molecule has 0 aliphatic rings. The molecule has 0 bridgehead atoms. The predicted molar refractivity (Wildman–Crippen MR) is 69.5 cm³/mol. The van der Waals surface area contributed by atoms with Crippen molar-refractivity contribution < 1.29 is 0 Å². The van der Waals surface area contributed by atoms with Crippen molar-refractivity contribution >= 4 is 49.7 Å². The summed E-state index contributed by atoms with van der Waals surface area (Å²) in [6.45, 7) is 0. The van der Waals surface area contributed by atoms with Crippen LogP contribution in [-0.2, 0) is 11.8 Å². The Morgan fingerprint density at radius 2 is 1.92 bits per heavy atom. The fourth-order valence-electron chi connectivity index (χ4n) is 1.04. The zero-order chi connectivity index (χ0) is 9.73. The molecule has 0 saturated heterocycles. The van der Waals surface area contributed by atoms with Gasteiger partial charge in [-0.1, -0.05) is 69.3 Å². The molecule has 4 heteroatoms. The lowest BCUT2D eigenvalue weighted by Gasteiger charge is -2.13. The van der Waals surface area contributed by atoms with Crippen LogP contribution in [0.3, 0.4) is 0 Å². The fraction of sp³-hybridized carbons (Fsp3) is 0.333. The SMILES string of the molecule is S=P(Cl)(CCCBr)c1ccccc1. The van der Waals surface area contributed by atoms with E-state index in [1.54, 1.807) is 0 Å². The Bertz CT molecular complexity index is 302. The first kappa shape index (κ1) is 11.7. The molecule has 1 atom stereocenters. The topological polar surface area (TPSA) is 0 Å². The Kier molecular flexibility index (Phi) is 4.96. The molecule has 0 aromatic heterocycles. The van der Waals surface area contributed by atoms with E-state index in [2.05, 4.69) is 15.9 Å². The zero-order valence-electron chi connectivity index (χ0n) is 7.12. The maximum absolute atomic E-state index is 6.35. The second-order valence-corrected chi connectivity index (χ2v) is 10.0. The smallest absolute Gasteiger partial charge is 0.0659 e. The Morgan fingerprint density at radius 1 is 1.31 bits per heavy atom. The van der Waals surface area contributed by atoms with Crippen LogP contribution >= 0.6 is 32.6 Å². The molecular weight excluding hydrogens is 286 g/mol. The van der Waals surface area contributed by atoms with Crippen molar-refractivity contribution in [2.75, 3.05) is 11.5 Å². The van der Waals surface area contributed by atoms with Crippen LogP contribution in [0.4, 0.5) is 0 Å². The molecule has 1 rings (SSSR count). The van der Waals surface area contributed by atoms with Gasteiger partial charge in [0.25, 0.3) is 0 Å². The van der Waals surface area contributed by atoms with Gasteiger partial charge in [-0.15, -0.1) is 0 Å². The summed E-state index contributed by atoms with van der Waals surface area (Å²) in [5, 5.41) is 0.323. The highest BCUT2D eigenvalue weighted by Gasteiger charge is 2.14. The van der Waals surface area contributed by atoms with Gasteiger partial charge in [0, 0.05) is 5.33 Å². The van der Waals surface area contributed by atoms with E-state index in [0.29, 0.717) is 0 Å². The van der Waals surface area contributed by atoms with Gasteiger partial charge in [-0.2, -0.15) is 0 Å². The van der Waals surface area contributed by atoms with E-state index in [9.17, 15) is 0 Å². The maximum Gasteiger partial charge on any atom is 0.0659 e. The first-order chi connectivity index (χ1) is 6.17. The van der Waals surface area contributed by atoms with Crippen LogP contribution in [0.25, 0.3) is 0 Å². The van der Waals surface area contributed by atoms with Crippen LogP contribution in [0, 0.1) is 0 Å². The van der Waals surface area contributed by atoms with E-state index in [1.807, 2.05) is 30.3 Å². The summed E-state index contributed by atoms with van der Waals surface area (Å²) in [5.41, 5.74) is 0. The van der Waals surface area contributed by atoms with Gasteiger partial charge in [0.15, 0.2) is 0 Å². The molecule has 0 amide bonds. The Labute approximate surface area is 97.6 Å². The highest BCUT2D eigenvalue weighted by atomic mass is 79.9. The molecule has 0 fully saturated rings. The van der Waals surface area contributed by atoms with Crippen molar-refractivity contribution in [3.8, 4) is 0 Å². The first-order valence-electron chi connectivity index (χ1n) is 4.07. The maximum atomic E-state index is 6.35. The molecule has 1 aromatic carbocycles. The monoisotopic (exact) mass is 296 g/mol. The van der Waals surface area contributed by atoms with Crippen molar-refractivity contribution in [3.05, 3.63) is 30.3 Å². The van der Waals surface area contributed by atoms with E-state index >= 15 is 0 Å². The summed E-state index contributed by atoms with van der Waals surface area (Å²) in [5.74, 6) is 0. The average molecular weight is 298 g/mol. The van der Waals surface area contributed by atoms with Gasteiger partial charge in [0.2, 0.25) is 0 Å². The fourth-order valence-corrected chi connectivity index (χ4v) is 4.65. The minimum absolute atomic E-state index is 0.930. The number of rotatable bonds is 4. The van der Waals surface area contributed by atoms with Crippen molar-refractivity contribution in [1.29, 1.82) is 0 Å². The number of hydrogen-bond acceptors (Lipinski definition) is 1. The Hall–Kier alpha value is 0.640. The summed E-state index contributed by atoms with van der Waals surface area (Å²) in [6.07, 6.45) is 1.98. The minimum atomic E-state index is -1.79. The van der Waals surface area contributed by atoms with Crippen molar-refractivity contribution in [2.45, 2.75) is 6.42 Å². The van der Waals surface area contributed by atoms with Crippen LogP contribution in [0.2, 0.25) is 0 Å². The normalized spacial score (nSPS) is 15.2. The molecule has 0 N–H and O–H groups in total. The summed E-state index contributed by atoms with van der Waals surface area (Å²) in [6, 6.07) is 10.0. The number of hydrogen-bond donors (Lipinski definition) is 0. The van der Waals surface area contributed by atoms with Crippen LogP contribution < -0.4 is 5.30 Å². The van der Waals surface area contributed by atoms with Gasteiger partial charge in [-0.25, -0.2) is 0 Å².